The Kier molecular flexibility index (Phi) is 3.94. The van der Waals surface area contributed by atoms with E-state index in [4.69, 9.17) is 0 Å². The molecule has 20 heavy (non-hydrogen) atoms. The first kappa shape index (κ1) is 14.3. The second-order valence-corrected chi connectivity index (χ2v) is 4.00. The Balaban J connectivity index is 2.55. The van der Waals surface area contributed by atoms with Gasteiger partial charge in [0.2, 0.25) is 0 Å². The zero-order chi connectivity index (χ0) is 14.8. The van der Waals surface area contributed by atoms with E-state index >= 15 is 0 Å². The molecule has 2 rings (SSSR count). The van der Waals surface area contributed by atoms with Crippen LogP contribution in [-0.4, -0.2) is 11.5 Å². The molecule has 0 heterocycles. The number of aliphatic hydroxyl groups excluding tert-OH is 1. The van der Waals surface area contributed by atoms with Crippen molar-refractivity contribution in [1.29, 1.82) is 0 Å². The minimum Gasteiger partial charge on any atom is -0.405 e. The van der Waals surface area contributed by atoms with Crippen LogP contribution in [0.2, 0.25) is 0 Å². The van der Waals surface area contributed by atoms with E-state index in [2.05, 4.69) is 4.74 Å². The Hall–Kier alpha value is -2.08. The lowest BCUT2D eigenvalue weighted by Gasteiger charge is -2.15. The van der Waals surface area contributed by atoms with Crippen LogP contribution in [0.1, 0.15) is 5.56 Å². The molecule has 0 unspecified atom stereocenters. The average Bonchev–Trinajstić information content (AvgIpc) is 2.37. The highest BCUT2D eigenvalue weighted by Crippen LogP contribution is 2.35. The second kappa shape index (κ2) is 5.50. The molecule has 0 atom stereocenters. The molecule has 0 aliphatic heterocycles. The Morgan fingerprint density at radius 1 is 1.00 bits per heavy atom. The average molecular weight is 286 g/mol. The van der Waals surface area contributed by atoms with Crippen molar-refractivity contribution < 1.29 is 27.4 Å². The Morgan fingerprint density at radius 2 is 1.70 bits per heavy atom. The van der Waals surface area contributed by atoms with Gasteiger partial charge in [-0.25, -0.2) is 4.39 Å². The first-order valence-electron chi connectivity index (χ1n) is 5.65. The van der Waals surface area contributed by atoms with Crippen molar-refractivity contribution in [3.8, 4) is 16.9 Å². The van der Waals surface area contributed by atoms with E-state index in [1.54, 1.807) is 0 Å². The van der Waals surface area contributed by atoms with Gasteiger partial charge in [-0.3, -0.25) is 0 Å². The summed E-state index contributed by atoms with van der Waals surface area (Å²) in [4.78, 5) is 0. The largest absolute Gasteiger partial charge is 0.573 e. The molecule has 2 nitrogen and oxygen atoms in total. The molecule has 0 radical (unpaired) electrons. The fourth-order valence-corrected chi connectivity index (χ4v) is 1.84. The van der Waals surface area contributed by atoms with Crippen LogP contribution in [0.4, 0.5) is 17.6 Å². The summed E-state index contributed by atoms with van der Waals surface area (Å²) >= 11 is 0. The lowest BCUT2D eigenvalue weighted by molar-refractivity contribution is -0.274. The first-order chi connectivity index (χ1) is 9.40. The Labute approximate surface area is 112 Å². The minimum absolute atomic E-state index is 0.0633. The lowest BCUT2D eigenvalue weighted by Crippen LogP contribution is -2.17. The molecule has 0 saturated carbocycles. The van der Waals surface area contributed by atoms with Gasteiger partial charge in [0.1, 0.15) is 11.6 Å². The van der Waals surface area contributed by atoms with Gasteiger partial charge in [-0.05, 0) is 29.3 Å². The van der Waals surface area contributed by atoms with E-state index in [1.165, 1.54) is 24.3 Å². The highest BCUT2D eigenvalue weighted by molar-refractivity contribution is 5.73. The van der Waals surface area contributed by atoms with Gasteiger partial charge in [-0.1, -0.05) is 24.3 Å². The third-order valence-corrected chi connectivity index (χ3v) is 2.65. The van der Waals surface area contributed by atoms with Crippen LogP contribution in [0, 0.1) is 5.82 Å². The van der Waals surface area contributed by atoms with Gasteiger partial charge in [-0.15, -0.1) is 13.2 Å². The molecule has 2 aromatic rings. The summed E-state index contributed by atoms with van der Waals surface area (Å²) in [6, 6.07) is 8.89. The monoisotopic (exact) mass is 286 g/mol. The van der Waals surface area contributed by atoms with Crippen molar-refractivity contribution in [1.82, 2.24) is 0 Å². The zero-order valence-corrected chi connectivity index (χ0v) is 10.1. The summed E-state index contributed by atoms with van der Waals surface area (Å²) in [5.74, 6) is -1.06. The molecule has 1 N–H and O–H groups in total. The van der Waals surface area contributed by atoms with Crippen LogP contribution in [0.5, 0.6) is 5.75 Å². The molecular weight excluding hydrogens is 276 g/mol. The molecule has 2 aromatic carbocycles. The molecule has 0 aliphatic carbocycles. The van der Waals surface area contributed by atoms with Crippen LogP contribution in [0.15, 0.2) is 42.5 Å². The van der Waals surface area contributed by atoms with Crippen LogP contribution in [0.3, 0.4) is 0 Å². The van der Waals surface area contributed by atoms with Crippen molar-refractivity contribution in [3.05, 3.63) is 53.8 Å². The van der Waals surface area contributed by atoms with Gasteiger partial charge < -0.3 is 9.84 Å². The topological polar surface area (TPSA) is 29.5 Å². The van der Waals surface area contributed by atoms with Gasteiger partial charge in [0.05, 0.1) is 6.61 Å². The fourth-order valence-electron chi connectivity index (χ4n) is 1.84. The number of para-hydroxylation sites is 1. The van der Waals surface area contributed by atoms with Gasteiger partial charge in [0.25, 0.3) is 0 Å². The van der Waals surface area contributed by atoms with E-state index in [1.807, 2.05) is 0 Å². The number of hydrogen-bond acceptors (Lipinski definition) is 2. The maximum absolute atomic E-state index is 13.3. The van der Waals surface area contributed by atoms with Crippen molar-refractivity contribution in [2.75, 3.05) is 0 Å². The molecule has 6 heteroatoms. The normalized spacial score (nSPS) is 11.4. The summed E-state index contributed by atoms with van der Waals surface area (Å²) in [6.45, 7) is -0.421. The number of aliphatic hydroxyl groups is 1. The number of halogens is 4. The first-order valence-corrected chi connectivity index (χ1v) is 5.65. The smallest absolute Gasteiger partial charge is 0.405 e. The number of alkyl halides is 3. The van der Waals surface area contributed by atoms with Crippen molar-refractivity contribution >= 4 is 0 Å². The standard InChI is InChI=1S/C14H10F4O2/c15-10-6-5-9(8-19)12(7-10)11-3-1-2-4-13(11)20-14(16,17)18/h1-7,19H,8H2. The summed E-state index contributed by atoms with van der Waals surface area (Å²) in [7, 11) is 0. The van der Waals surface area contributed by atoms with E-state index in [-0.39, 0.29) is 11.1 Å². The second-order valence-electron chi connectivity index (χ2n) is 4.00. The molecule has 0 amide bonds. The number of hydrogen-bond donors (Lipinski definition) is 1. The molecule has 0 aromatic heterocycles. The van der Waals surface area contributed by atoms with Crippen molar-refractivity contribution in [2.24, 2.45) is 0 Å². The summed E-state index contributed by atoms with van der Waals surface area (Å²) in [5, 5.41) is 9.21. The maximum atomic E-state index is 13.3. The van der Waals surface area contributed by atoms with Crippen molar-refractivity contribution in [3.63, 3.8) is 0 Å². The summed E-state index contributed by atoms with van der Waals surface area (Å²) < 4.78 is 54.3. The summed E-state index contributed by atoms with van der Waals surface area (Å²) in [5.41, 5.74) is 0.533. The molecule has 0 aliphatic rings. The molecule has 0 bridgehead atoms. The third kappa shape index (κ3) is 3.27. The zero-order valence-electron chi connectivity index (χ0n) is 10.1. The SMILES string of the molecule is OCc1ccc(F)cc1-c1ccccc1OC(F)(F)F. The maximum Gasteiger partial charge on any atom is 0.573 e. The van der Waals surface area contributed by atoms with E-state index < -0.39 is 24.5 Å². The molecular formula is C14H10F4O2. The number of rotatable bonds is 3. The Bertz CT molecular complexity index is 608. The van der Waals surface area contributed by atoms with Gasteiger partial charge in [0, 0.05) is 5.56 Å². The predicted octanol–water partition coefficient (Wildman–Crippen LogP) is 3.88. The van der Waals surface area contributed by atoms with Crippen molar-refractivity contribution in [2.45, 2.75) is 13.0 Å². The minimum atomic E-state index is -4.84. The van der Waals surface area contributed by atoms with Gasteiger partial charge in [-0.2, -0.15) is 0 Å². The number of ether oxygens (including phenoxy) is 1. The molecule has 106 valence electrons. The number of benzene rings is 2. The van der Waals surface area contributed by atoms with Crippen LogP contribution >= 0.6 is 0 Å². The Morgan fingerprint density at radius 3 is 2.35 bits per heavy atom. The summed E-state index contributed by atoms with van der Waals surface area (Å²) in [6.07, 6.45) is -4.84. The van der Waals surface area contributed by atoms with E-state index in [0.29, 0.717) is 5.56 Å². The molecule has 0 spiro atoms. The van der Waals surface area contributed by atoms with Gasteiger partial charge in [0.15, 0.2) is 0 Å². The lowest BCUT2D eigenvalue weighted by atomic mass is 9.99. The van der Waals surface area contributed by atoms with E-state index in [0.717, 1.165) is 18.2 Å². The molecule has 0 saturated heterocycles. The van der Waals surface area contributed by atoms with E-state index in [9.17, 15) is 22.7 Å². The third-order valence-electron chi connectivity index (χ3n) is 2.65. The van der Waals surface area contributed by atoms with Crippen LogP contribution in [-0.2, 0) is 6.61 Å². The highest BCUT2D eigenvalue weighted by atomic mass is 19.4. The highest BCUT2D eigenvalue weighted by Gasteiger charge is 2.32. The molecule has 0 fully saturated rings. The van der Waals surface area contributed by atoms with Crippen LogP contribution < -0.4 is 4.74 Å². The predicted molar refractivity (Wildman–Crippen MR) is 64.4 cm³/mol. The van der Waals surface area contributed by atoms with Gasteiger partial charge >= 0.3 is 6.36 Å². The van der Waals surface area contributed by atoms with Crippen LogP contribution in [0.25, 0.3) is 11.1 Å². The fraction of sp³-hybridized carbons (Fsp3) is 0.143. The quantitative estimate of drug-likeness (QED) is 0.868.